The van der Waals surface area contributed by atoms with Gasteiger partial charge in [0.15, 0.2) is 0 Å². The monoisotopic (exact) mass is 1110 g/mol. The number of likely N-dealkylation sites (N-methyl/N-ethyl adjacent to an activating group) is 2. The van der Waals surface area contributed by atoms with Gasteiger partial charge in [0.05, 0.1) is 14.2 Å². The Balaban J connectivity index is 5.16. The molecule has 0 aliphatic rings. The van der Waals surface area contributed by atoms with Crippen LogP contribution in [0.1, 0.15) is 187 Å². The van der Waals surface area contributed by atoms with Crippen molar-refractivity contribution < 1.29 is 92.2 Å². The number of primary amides is 1. The van der Waals surface area contributed by atoms with Gasteiger partial charge in [-0.25, -0.2) is 28.8 Å². The van der Waals surface area contributed by atoms with Crippen LogP contribution in [0.5, 0.6) is 0 Å². The Morgan fingerprint density at radius 3 is 1.06 bits per heavy atom. The summed E-state index contributed by atoms with van der Waals surface area (Å²) in [7, 11) is 4.33. The highest BCUT2D eigenvalue weighted by Crippen LogP contribution is 2.17. The van der Waals surface area contributed by atoms with E-state index >= 15 is 0 Å². The Hall–Kier alpha value is -6.89. The number of ether oxygens (including phenoxy) is 2. The fraction of sp³-hybridized carbons (Fsp3) is 0.750. The second kappa shape index (κ2) is 41.2. The first-order valence-corrected chi connectivity index (χ1v) is 26.9. The number of esters is 2. The number of nitrogens with zero attached hydrogens (tertiary/aromatic N) is 2. The van der Waals surface area contributed by atoms with Crippen molar-refractivity contribution in [2.24, 2.45) is 5.73 Å². The summed E-state index contributed by atoms with van der Waals surface area (Å²) in [5, 5.41) is 48.2. The third kappa shape index (κ3) is 32.0. The highest BCUT2D eigenvalue weighted by atomic mass is 16.5. The molecule has 0 spiro atoms. The topological polar surface area (TPSA) is 402 Å². The van der Waals surface area contributed by atoms with Crippen LogP contribution in [-0.2, 0) is 71.8 Å². The number of carbonyl (C=O) groups excluding carboxylic acids is 9. The van der Waals surface area contributed by atoms with E-state index in [4.69, 9.17) is 10.5 Å². The fourth-order valence-electron chi connectivity index (χ4n) is 8.31. The van der Waals surface area contributed by atoms with Crippen LogP contribution in [0.4, 0.5) is 0 Å². The number of unbranched alkanes of at least 4 members (excludes halogenated alkanes) is 14. The molecule has 26 heteroatoms. The number of carboxylic acid groups (broad SMARTS) is 4. The first-order valence-electron chi connectivity index (χ1n) is 26.9. The van der Waals surface area contributed by atoms with E-state index in [1.54, 1.807) is 0 Å². The summed E-state index contributed by atoms with van der Waals surface area (Å²) in [6.07, 6.45) is 12.0. The number of hydrogen-bond acceptors (Lipinski definition) is 15. The van der Waals surface area contributed by atoms with E-state index < -0.39 is 171 Å². The van der Waals surface area contributed by atoms with Gasteiger partial charge in [-0.15, -0.1) is 0 Å². The Bertz CT molecular complexity index is 1970. The number of hydrogen-bond donors (Lipinski definition) is 9. The highest BCUT2D eigenvalue weighted by molar-refractivity contribution is 5.90. The minimum absolute atomic E-state index is 0.108. The van der Waals surface area contributed by atoms with Gasteiger partial charge in [0.2, 0.25) is 41.4 Å². The van der Waals surface area contributed by atoms with Gasteiger partial charge in [-0.1, -0.05) is 96.8 Å². The van der Waals surface area contributed by atoms with Gasteiger partial charge in [0.1, 0.15) is 36.3 Å². The molecule has 0 aliphatic heterocycles. The van der Waals surface area contributed by atoms with Gasteiger partial charge < -0.3 is 66.7 Å². The molecule has 6 unspecified atom stereocenters. The van der Waals surface area contributed by atoms with E-state index in [1.165, 1.54) is 71.3 Å². The molecule has 0 aromatic carbocycles. The summed E-state index contributed by atoms with van der Waals surface area (Å²) in [5.74, 6) is -13.4. The van der Waals surface area contributed by atoms with Gasteiger partial charge in [0, 0.05) is 59.0 Å². The Labute approximate surface area is 456 Å². The molecule has 0 heterocycles. The number of amides is 7. The van der Waals surface area contributed by atoms with E-state index in [-0.39, 0.29) is 25.7 Å². The average Bonchev–Trinajstić information content (AvgIpc) is 3.38. The summed E-state index contributed by atoms with van der Waals surface area (Å²) < 4.78 is 9.39. The number of rotatable bonds is 46. The Morgan fingerprint density at radius 1 is 0.385 bits per heavy atom. The van der Waals surface area contributed by atoms with E-state index in [2.05, 4.69) is 32.9 Å². The van der Waals surface area contributed by atoms with Crippen molar-refractivity contribution in [3.63, 3.8) is 0 Å². The SMILES string of the molecule is CCCCCCCCCCCCCCCCCC(=O)NC(CCC(=O)NC(CCC(=O)N(C)C(CCC(=O)N(C)C(CCC(=O)NC(CCC(=O)NC(CCC(N)=O)C(=O)OC)C(=O)O)C(=O)O)C(=O)OC)C(=O)O)C(=O)O. The molecular formula is C52H87N7O19. The van der Waals surface area contributed by atoms with Crippen LogP contribution < -0.4 is 27.0 Å². The molecule has 0 aromatic heterocycles. The van der Waals surface area contributed by atoms with Crippen LogP contribution >= 0.6 is 0 Å². The molecule has 10 N–H and O–H groups in total. The van der Waals surface area contributed by atoms with Crippen LogP contribution in [0.15, 0.2) is 0 Å². The lowest BCUT2D eigenvalue weighted by Crippen LogP contribution is -2.47. The van der Waals surface area contributed by atoms with Gasteiger partial charge in [-0.3, -0.25) is 33.6 Å². The molecule has 0 rings (SSSR count). The zero-order valence-electron chi connectivity index (χ0n) is 46.1. The van der Waals surface area contributed by atoms with Gasteiger partial charge in [-0.2, -0.15) is 0 Å². The van der Waals surface area contributed by atoms with Crippen molar-refractivity contribution in [2.45, 2.75) is 223 Å². The maximum Gasteiger partial charge on any atom is 0.328 e. The lowest BCUT2D eigenvalue weighted by molar-refractivity contribution is -0.153. The molecule has 0 aliphatic carbocycles. The summed E-state index contributed by atoms with van der Waals surface area (Å²) >= 11 is 0. The van der Waals surface area contributed by atoms with Gasteiger partial charge in [0.25, 0.3) is 0 Å². The van der Waals surface area contributed by atoms with Crippen LogP contribution in [0.25, 0.3) is 0 Å². The number of nitrogens with two attached hydrogens (primary N) is 1. The van der Waals surface area contributed by atoms with E-state index in [1.807, 2.05) is 0 Å². The molecule has 78 heavy (non-hydrogen) atoms. The van der Waals surface area contributed by atoms with Crippen molar-refractivity contribution in [3.8, 4) is 0 Å². The number of aliphatic carboxylic acids is 4. The van der Waals surface area contributed by atoms with E-state index in [0.717, 1.165) is 56.8 Å². The van der Waals surface area contributed by atoms with Crippen LogP contribution in [-0.4, -0.2) is 172 Å². The van der Waals surface area contributed by atoms with Crippen molar-refractivity contribution in [1.29, 1.82) is 0 Å². The number of methoxy groups -OCH3 is 2. The van der Waals surface area contributed by atoms with Crippen LogP contribution in [0, 0.1) is 0 Å². The summed E-state index contributed by atoms with van der Waals surface area (Å²) in [6.45, 7) is 2.21. The number of carboxylic acids is 4. The second-order valence-corrected chi connectivity index (χ2v) is 19.3. The number of nitrogens with one attached hydrogen (secondary N) is 4. The van der Waals surface area contributed by atoms with Crippen molar-refractivity contribution in [3.05, 3.63) is 0 Å². The first-order chi connectivity index (χ1) is 36.9. The minimum atomic E-state index is -1.64. The van der Waals surface area contributed by atoms with Gasteiger partial charge in [-0.05, 0) is 44.9 Å². The normalized spacial score (nSPS) is 13.2. The second-order valence-electron chi connectivity index (χ2n) is 19.3. The molecule has 0 saturated carbocycles. The largest absolute Gasteiger partial charge is 0.480 e. The molecule has 0 fully saturated rings. The molecule has 0 aromatic rings. The van der Waals surface area contributed by atoms with Crippen molar-refractivity contribution >= 4 is 77.2 Å². The third-order valence-corrected chi connectivity index (χ3v) is 13.1. The quantitative estimate of drug-likeness (QED) is 0.0312. The summed E-state index contributed by atoms with van der Waals surface area (Å²) in [5.41, 5.74) is 5.09. The zero-order valence-corrected chi connectivity index (χ0v) is 46.1. The standard InChI is InChI=1S/C52H87N7O19/c1-6-7-8-9-10-11-12-13-14-15-16-17-18-19-20-21-41(61)54-34(47(67)68)23-29-42(62)56-36(49(71)72)25-32-45(65)59(3)39(52(76)78-5)27-33-46(66)58(2)38(50(73)74)26-31-44(64)55-35(48(69)70)24-30-43(63)57-37(51(75)77-4)22-28-40(53)60/h34-39H,6-33H2,1-5H3,(H2,53,60)(H,54,61)(H,55,64)(H,56,62)(H,57,63)(H,67,68)(H,69,70)(H,71,72)(H,73,74). The Morgan fingerprint density at radius 2 is 0.692 bits per heavy atom. The lowest BCUT2D eigenvalue weighted by atomic mass is 10.0. The molecule has 0 bridgehead atoms. The van der Waals surface area contributed by atoms with Crippen LogP contribution in [0.3, 0.4) is 0 Å². The van der Waals surface area contributed by atoms with Crippen molar-refractivity contribution in [2.75, 3.05) is 28.3 Å². The van der Waals surface area contributed by atoms with E-state index in [0.29, 0.717) is 6.42 Å². The fourth-order valence-corrected chi connectivity index (χ4v) is 8.31. The van der Waals surface area contributed by atoms with Gasteiger partial charge >= 0.3 is 35.8 Å². The van der Waals surface area contributed by atoms with Crippen molar-refractivity contribution in [1.82, 2.24) is 31.1 Å². The molecule has 0 radical (unpaired) electrons. The summed E-state index contributed by atoms with van der Waals surface area (Å²) in [4.78, 5) is 163. The summed E-state index contributed by atoms with van der Waals surface area (Å²) in [6, 6.07) is -9.03. The maximum absolute atomic E-state index is 13.3. The molecule has 444 valence electrons. The average molecular weight is 1110 g/mol. The first kappa shape index (κ1) is 71.1. The molecule has 26 nitrogen and oxygen atoms in total. The number of carbonyl (C=O) groups is 13. The maximum atomic E-state index is 13.3. The molecule has 6 atom stereocenters. The third-order valence-electron chi connectivity index (χ3n) is 13.1. The smallest absolute Gasteiger partial charge is 0.328 e. The lowest BCUT2D eigenvalue weighted by Gasteiger charge is -2.28. The van der Waals surface area contributed by atoms with E-state index in [9.17, 15) is 82.8 Å². The highest BCUT2D eigenvalue weighted by Gasteiger charge is 2.33. The molecule has 7 amide bonds. The predicted octanol–water partition coefficient (Wildman–Crippen LogP) is 2.69. The predicted molar refractivity (Wildman–Crippen MR) is 280 cm³/mol. The Kier molecular flexibility index (Phi) is 37.6. The minimum Gasteiger partial charge on any atom is -0.480 e. The molecular weight excluding hydrogens is 1030 g/mol. The zero-order chi connectivity index (χ0) is 59.2. The van der Waals surface area contributed by atoms with Crippen LogP contribution in [0.2, 0.25) is 0 Å². The molecule has 0 saturated heterocycles.